The number of aromatic nitrogens is 1. The van der Waals surface area contributed by atoms with Crippen molar-refractivity contribution >= 4 is 51.7 Å². The summed E-state index contributed by atoms with van der Waals surface area (Å²) in [5, 5.41) is 11.2. The van der Waals surface area contributed by atoms with Gasteiger partial charge in [0.05, 0.1) is 17.0 Å². The number of carbonyl (C=O) groups excluding carboxylic acids is 3. The molecule has 0 radical (unpaired) electrons. The predicted octanol–water partition coefficient (Wildman–Crippen LogP) is 3.57. The van der Waals surface area contributed by atoms with Crippen molar-refractivity contribution in [1.29, 1.82) is 0 Å². The Bertz CT molecular complexity index is 1230. The molecule has 0 aliphatic carbocycles. The van der Waals surface area contributed by atoms with Crippen LogP contribution in [0.15, 0.2) is 73.1 Å². The zero-order valence-corrected chi connectivity index (χ0v) is 19.3. The van der Waals surface area contributed by atoms with Crippen LogP contribution in [0, 0.1) is 13.7 Å². The van der Waals surface area contributed by atoms with Crippen LogP contribution in [0.5, 0.6) is 0 Å². The third kappa shape index (κ3) is 4.75. The van der Waals surface area contributed by atoms with Crippen LogP contribution in [0.4, 0.5) is 11.4 Å². The summed E-state index contributed by atoms with van der Waals surface area (Å²) in [6, 6.07) is 14.6. The molecule has 2 aromatic carbocycles. The molecule has 9 nitrogen and oxygen atoms in total. The maximum atomic E-state index is 13.5. The molecule has 0 saturated carbocycles. The average Bonchev–Trinajstić information content (AvgIpc) is 3.12. The lowest BCUT2D eigenvalue weighted by molar-refractivity contribution is -0.384. The van der Waals surface area contributed by atoms with E-state index in [1.807, 2.05) is 0 Å². The second-order valence-corrected chi connectivity index (χ2v) is 8.61. The van der Waals surface area contributed by atoms with Gasteiger partial charge in [0.15, 0.2) is 0 Å². The van der Waals surface area contributed by atoms with Gasteiger partial charge < -0.3 is 4.90 Å². The number of hydrogen-bond donors (Lipinski definition) is 0. The van der Waals surface area contributed by atoms with Crippen LogP contribution < -0.4 is 4.90 Å². The monoisotopic (exact) mass is 556 g/mol. The molecule has 1 fully saturated rings. The number of amides is 3. The first-order valence-corrected chi connectivity index (χ1v) is 11.0. The molecule has 1 aliphatic heterocycles. The van der Waals surface area contributed by atoms with Crippen molar-refractivity contribution in [2.24, 2.45) is 0 Å². The summed E-state index contributed by atoms with van der Waals surface area (Å²) in [7, 11) is 0. The minimum absolute atomic E-state index is 0.0135. The van der Waals surface area contributed by atoms with Crippen LogP contribution in [0.1, 0.15) is 22.3 Å². The Kier molecular flexibility index (Phi) is 6.45. The van der Waals surface area contributed by atoms with Crippen molar-refractivity contribution in [2.45, 2.75) is 19.0 Å². The lowest BCUT2D eigenvalue weighted by Gasteiger charge is -2.27. The number of nitrogens with zero attached hydrogens (tertiary/aromatic N) is 4. The number of non-ortho nitro benzene ring substituents is 1. The number of carbonyl (C=O) groups is 3. The lowest BCUT2D eigenvalue weighted by Crippen LogP contribution is -2.45. The van der Waals surface area contributed by atoms with E-state index in [1.165, 1.54) is 23.1 Å². The largest absolute Gasteiger partial charge is 0.322 e. The number of nitro groups is 1. The molecule has 1 atom stereocenters. The fourth-order valence-electron chi connectivity index (χ4n) is 3.65. The molecule has 1 aromatic heterocycles. The van der Waals surface area contributed by atoms with Gasteiger partial charge in [-0.25, -0.2) is 4.90 Å². The van der Waals surface area contributed by atoms with Gasteiger partial charge in [-0.05, 0) is 64.6 Å². The van der Waals surface area contributed by atoms with Crippen molar-refractivity contribution in [3.05, 3.63) is 97.9 Å². The molecule has 1 saturated heterocycles. The van der Waals surface area contributed by atoms with Gasteiger partial charge in [0, 0.05) is 40.2 Å². The van der Waals surface area contributed by atoms with E-state index in [2.05, 4.69) is 27.6 Å². The first-order valence-electron chi connectivity index (χ1n) is 9.92. The second kappa shape index (κ2) is 9.45. The molecule has 1 aliphatic rings. The molecule has 3 amide bonds. The smallest absolute Gasteiger partial charge is 0.270 e. The van der Waals surface area contributed by atoms with E-state index in [-0.39, 0.29) is 24.2 Å². The molecule has 0 spiro atoms. The average molecular weight is 556 g/mol. The minimum atomic E-state index is -1.05. The minimum Gasteiger partial charge on any atom is -0.322 e. The van der Waals surface area contributed by atoms with Crippen LogP contribution in [0.2, 0.25) is 0 Å². The van der Waals surface area contributed by atoms with E-state index in [0.29, 0.717) is 11.3 Å². The number of pyridine rings is 1. The van der Waals surface area contributed by atoms with Crippen molar-refractivity contribution in [3.63, 3.8) is 0 Å². The number of benzene rings is 2. The first kappa shape index (κ1) is 22.5. The standard InChI is InChI=1S/C23H17IN4O5/c24-17-6-8-18(9-7-17)27-21(29)12-20(23(27)31)26(14-15-3-2-10-25-13-15)22(30)16-4-1-5-19(11-16)28(32)33/h1-11,13,20H,12,14H2. The van der Waals surface area contributed by atoms with E-state index in [9.17, 15) is 24.5 Å². The van der Waals surface area contributed by atoms with Gasteiger partial charge in [-0.2, -0.15) is 0 Å². The molecule has 4 rings (SSSR count). The molecule has 1 unspecified atom stereocenters. The van der Waals surface area contributed by atoms with Crippen LogP contribution >= 0.6 is 22.6 Å². The first-order chi connectivity index (χ1) is 15.8. The highest BCUT2D eigenvalue weighted by Crippen LogP contribution is 2.28. The maximum absolute atomic E-state index is 13.5. The van der Waals surface area contributed by atoms with Gasteiger partial charge in [0.2, 0.25) is 5.91 Å². The number of rotatable bonds is 6. The number of anilines is 1. The Hall–Kier alpha value is -3.67. The van der Waals surface area contributed by atoms with Crippen LogP contribution in [0.25, 0.3) is 0 Å². The van der Waals surface area contributed by atoms with E-state index in [4.69, 9.17) is 0 Å². The molecule has 10 heteroatoms. The number of imide groups is 1. The lowest BCUT2D eigenvalue weighted by atomic mass is 10.1. The van der Waals surface area contributed by atoms with E-state index in [1.54, 1.807) is 48.8 Å². The Labute approximate surface area is 202 Å². The third-order valence-electron chi connectivity index (χ3n) is 5.22. The van der Waals surface area contributed by atoms with Crippen molar-refractivity contribution in [1.82, 2.24) is 9.88 Å². The summed E-state index contributed by atoms with van der Waals surface area (Å²) in [5.41, 5.74) is 0.902. The molecule has 166 valence electrons. The highest BCUT2D eigenvalue weighted by atomic mass is 127. The zero-order valence-electron chi connectivity index (χ0n) is 17.1. The SMILES string of the molecule is O=C1CC(N(Cc2cccnc2)C(=O)c2cccc([N+](=O)[O-])c2)C(=O)N1c1ccc(I)cc1. The summed E-state index contributed by atoms with van der Waals surface area (Å²) in [4.78, 5) is 56.6. The molecule has 0 bridgehead atoms. The van der Waals surface area contributed by atoms with E-state index in [0.717, 1.165) is 14.5 Å². The summed E-state index contributed by atoms with van der Waals surface area (Å²) in [6.07, 6.45) is 2.95. The highest BCUT2D eigenvalue weighted by Gasteiger charge is 2.44. The molecular formula is C23H17IN4O5. The Balaban J connectivity index is 1.70. The van der Waals surface area contributed by atoms with E-state index < -0.39 is 28.7 Å². The van der Waals surface area contributed by atoms with Crippen molar-refractivity contribution in [2.75, 3.05) is 4.90 Å². The molecular weight excluding hydrogens is 539 g/mol. The normalized spacial score (nSPS) is 15.5. The summed E-state index contributed by atoms with van der Waals surface area (Å²) < 4.78 is 0.950. The third-order valence-corrected chi connectivity index (χ3v) is 5.94. The van der Waals surface area contributed by atoms with Gasteiger partial charge in [-0.3, -0.25) is 29.5 Å². The fraction of sp³-hybridized carbons (Fsp3) is 0.130. The Morgan fingerprint density at radius 3 is 2.58 bits per heavy atom. The van der Waals surface area contributed by atoms with Crippen molar-refractivity contribution < 1.29 is 19.3 Å². The molecule has 3 aromatic rings. The predicted molar refractivity (Wildman–Crippen MR) is 127 cm³/mol. The molecule has 0 N–H and O–H groups in total. The zero-order chi connectivity index (χ0) is 23.5. The summed E-state index contributed by atoms with van der Waals surface area (Å²) >= 11 is 2.12. The fourth-order valence-corrected chi connectivity index (χ4v) is 4.01. The highest BCUT2D eigenvalue weighted by molar-refractivity contribution is 14.1. The quantitative estimate of drug-likeness (QED) is 0.199. The van der Waals surface area contributed by atoms with Gasteiger partial charge >= 0.3 is 0 Å². The molecule has 33 heavy (non-hydrogen) atoms. The van der Waals surface area contributed by atoms with Crippen LogP contribution in [-0.4, -0.2) is 38.6 Å². The maximum Gasteiger partial charge on any atom is 0.270 e. The Morgan fingerprint density at radius 2 is 1.91 bits per heavy atom. The Morgan fingerprint density at radius 1 is 1.15 bits per heavy atom. The van der Waals surface area contributed by atoms with Gasteiger partial charge in [0.1, 0.15) is 6.04 Å². The summed E-state index contributed by atoms with van der Waals surface area (Å²) in [5.74, 6) is -1.53. The van der Waals surface area contributed by atoms with Crippen LogP contribution in [-0.2, 0) is 16.1 Å². The van der Waals surface area contributed by atoms with E-state index >= 15 is 0 Å². The summed E-state index contributed by atoms with van der Waals surface area (Å²) in [6.45, 7) is 0.0135. The topological polar surface area (TPSA) is 114 Å². The van der Waals surface area contributed by atoms with Gasteiger partial charge in [0.25, 0.3) is 17.5 Å². The van der Waals surface area contributed by atoms with Crippen molar-refractivity contribution in [3.8, 4) is 0 Å². The van der Waals surface area contributed by atoms with Crippen LogP contribution in [0.3, 0.4) is 0 Å². The number of halogens is 1. The van der Waals surface area contributed by atoms with Gasteiger partial charge in [-0.1, -0.05) is 12.1 Å². The second-order valence-electron chi connectivity index (χ2n) is 7.37. The number of nitro benzene ring substituents is 1. The van der Waals surface area contributed by atoms with Gasteiger partial charge in [-0.15, -0.1) is 0 Å². The number of hydrogen-bond acceptors (Lipinski definition) is 6. The molecule has 2 heterocycles.